The van der Waals surface area contributed by atoms with Crippen LogP contribution in [0.3, 0.4) is 0 Å². The molecule has 0 aromatic carbocycles. The van der Waals surface area contributed by atoms with E-state index in [2.05, 4.69) is 32.1 Å². The van der Waals surface area contributed by atoms with E-state index in [0.29, 0.717) is 12.0 Å². The minimum Gasteiger partial charge on any atom is -0.371 e. The molecule has 0 amide bonds. The third-order valence-corrected chi connectivity index (χ3v) is 2.82. The second-order valence-corrected chi connectivity index (χ2v) is 3.98. The van der Waals surface area contributed by atoms with E-state index < -0.39 is 0 Å². The van der Waals surface area contributed by atoms with E-state index >= 15 is 0 Å². The van der Waals surface area contributed by atoms with E-state index in [1.807, 2.05) is 6.08 Å². The van der Waals surface area contributed by atoms with E-state index in [1.54, 1.807) is 0 Å². The van der Waals surface area contributed by atoms with E-state index in [-0.39, 0.29) is 5.60 Å². The Morgan fingerprint density at radius 1 is 1.54 bits per heavy atom. The molecule has 0 bridgehead atoms. The fourth-order valence-electron chi connectivity index (χ4n) is 1.44. The topological polar surface area (TPSA) is 21.8 Å². The molecule has 0 spiro atoms. The summed E-state index contributed by atoms with van der Waals surface area (Å²) < 4.78 is 11.0. The van der Waals surface area contributed by atoms with Gasteiger partial charge in [0.2, 0.25) is 0 Å². The Morgan fingerprint density at radius 2 is 2.31 bits per heavy atom. The van der Waals surface area contributed by atoms with Crippen LogP contribution in [0.2, 0.25) is 0 Å². The zero-order valence-electron chi connectivity index (χ0n) is 8.19. The first-order valence-electron chi connectivity index (χ1n) is 4.82. The normalized spacial score (nSPS) is 42.3. The first-order chi connectivity index (χ1) is 6.21. The van der Waals surface area contributed by atoms with Crippen LogP contribution in [0.4, 0.5) is 0 Å². The lowest BCUT2D eigenvalue weighted by molar-refractivity contribution is -0.0269. The molecule has 0 saturated carbocycles. The van der Waals surface area contributed by atoms with Gasteiger partial charge < -0.3 is 9.47 Å². The van der Waals surface area contributed by atoms with E-state index in [0.717, 1.165) is 13.2 Å². The maximum Gasteiger partial charge on any atom is 0.104 e. The highest BCUT2D eigenvalue weighted by molar-refractivity contribution is 5.20. The number of hydrogen-bond acceptors (Lipinski definition) is 2. The quantitative estimate of drug-likeness (QED) is 0.619. The van der Waals surface area contributed by atoms with Crippen molar-refractivity contribution in [2.45, 2.75) is 25.6 Å². The van der Waals surface area contributed by atoms with Crippen LogP contribution >= 0.6 is 0 Å². The first-order valence-corrected chi connectivity index (χ1v) is 4.82. The molecule has 2 nitrogen and oxygen atoms in total. The fourth-order valence-corrected chi connectivity index (χ4v) is 1.44. The monoisotopic (exact) mass is 180 g/mol. The molecule has 2 heteroatoms. The largest absolute Gasteiger partial charge is 0.371 e. The van der Waals surface area contributed by atoms with Gasteiger partial charge in [0.05, 0.1) is 18.8 Å². The van der Waals surface area contributed by atoms with Gasteiger partial charge in [-0.2, -0.15) is 0 Å². The minimum absolute atomic E-state index is 0.138. The third kappa shape index (κ3) is 2.01. The third-order valence-electron chi connectivity index (χ3n) is 2.82. The van der Waals surface area contributed by atoms with Crippen molar-refractivity contribution in [1.82, 2.24) is 0 Å². The van der Waals surface area contributed by atoms with Gasteiger partial charge in [-0.05, 0) is 6.92 Å². The molecule has 0 N–H and O–H groups in total. The van der Waals surface area contributed by atoms with Gasteiger partial charge in [0.1, 0.15) is 6.10 Å². The van der Waals surface area contributed by atoms with Gasteiger partial charge in [-0.3, -0.25) is 0 Å². The van der Waals surface area contributed by atoms with Crippen LogP contribution in [-0.2, 0) is 9.47 Å². The Balaban J connectivity index is 1.92. The number of epoxide rings is 1. The van der Waals surface area contributed by atoms with E-state index in [4.69, 9.17) is 9.47 Å². The molecule has 1 fully saturated rings. The highest BCUT2D eigenvalue weighted by Gasteiger charge is 2.32. The zero-order valence-corrected chi connectivity index (χ0v) is 8.19. The molecule has 72 valence electrons. The maximum absolute atomic E-state index is 5.84. The van der Waals surface area contributed by atoms with Crippen LogP contribution in [0.25, 0.3) is 0 Å². The highest BCUT2D eigenvalue weighted by Crippen LogP contribution is 2.28. The number of rotatable bonds is 3. The van der Waals surface area contributed by atoms with Crippen molar-refractivity contribution in [2.75, 3.05) is 13.2 Å². The lowest BCUT2D eigenvalue weighted by Crippen LogP contribution is -2.35. The summed E-state index contributed by atoms with van der Waals surface area (Å²) in [6.45, 7) is 5.89. The second kappa shape index (κ2) is 3.28. The first kappa shape index (κ1) is 8.97. The van der Waals surface area contributed by atoms with Gasteiger partial charge >= 0.3 is 0 Å². The van der Waals surface area contributed by atoms with Crippen LogP contribution in [0, 0.1) is 5.92 Å². The van der Waals surface area contributed by atoms with Gasteiger partial charge in [-0.25, -0.2) is 0 Å². The van der Waals surface area contributed by atoms with E-state index in [9.17, 15) is 0 Å². The smallest absolute Gasteiger partial charge is 0.104 e. The van der Waals surface area contributed by atoms with Crippen molar-refractivity contribution < 1.29 is 9.47 Å². The molecule has 2 aliphatic rings. The summed E-state index contributed by atoms with van der Waals surface area (Å²) in [5, 5.41) is 0. The van der Waals surface area contributed by atoms with Gasteiger partial charge in [-0.15, -0.1) is 0 Å². The summed E-state index contributed by atoms with van der Waals surface area (Å²) in [6.07, 6.45) is 8.77. The Hall–Kier alpha value is -0.600. The summed E-state index contributed by atoms with van der Waals surface area (Å²) in [4.78, 5) is 0. The molecule has 2 rings (SSSR count). The van der Waals surface area contributed by atoms with Gasteiger partial charge in [-0.1, -0.05) is 31.2 Å². The number of hydrogen-bond donors (Lipinski definition) is 0. The average molecular weight is 180 g/mol. The molecule has 1 heterocycles. The summed E-state index contributed by atoms with van der Waals surface area (Å²) in [6, 6.07) is 0. The lowest BCUT2D eigenvalue weighted by atomic mass is 9.87. The molecule has 0 radical (unpaired) electrons. The van der Waals surface area contributed by atoms with Crippen molar-refractivity contribution in [3.05, 3.63) is 24.3 Å². The van der Waals surface area contributed by atoms with Gasteiger partial charge in [0.25, 0.3) is 0 Å². The Kier molecular flexibility index (Phi) is 2.26. The second-order valence-electron chi connectivity index (χ2n) is 3.98. The van der Waals surface area contributed by atoms with Crippen molar-refractivity contribution in [2.24, 2.45) is 5.92 Å². The molecule has 1 aliphatic heterocycles. The van der Waals surface area contributed by atoms with Crippen LogP contribution in [0.15, 0.2) is 24.3 Å². The summed E-state index contributed by atoms with van der Waals surface area (Å²) in [5.74, 6) is 0.441. The highest BCUT2D eigenvalue weighted by atomic mass is 16.6. The number of ether oxygens (including phenoxy) is 2. The van der Waals surface area contributed by atoms with Crippen LogP contribution in [0.5, 0.6) is 0 Å². The zero-order chi connectivity index (χ0) is 9.31. The van der Waals surface area contributed by atoms with Crippen molar-refractivity contribution in [1.29, 1.82) is 0 Å². The van der Waals surface area contributed by atoms with Crippen molar-refractivity contribution in [3.63, 3.8) is 0 Å². The predicted octanol–water partition coefficient (Wildman–Crippen LogP) is 1.92. The molecule has 1 saturated heterocycles. The maximum atomic E-state index is 5.84. The molecular weight excluding hydrogens is 164 g/mol. The molecule has 13 heavy (non-hydrogen) atoms. The van der Waals surface area contributed by atoms with Gasteiger partial charge in [0.15, 0.2) is 0 Å². The minimum atomic E-state index is -0.138. The van der Waals surface area contributed by atoms with Crippen molar-refractivity contribution >= 4 is 0 Å². The Labute approximate surface area is 79.2 Å². The standard InChI is InChI=1S/C11H16O2/c1-9-5-3-4-6-11(9,2)13-8-10-7-12-10/h3-6,9-10H,7-8H2,1-2H3. The average Bonchev–Trinajstić information content (AvgIpc) is 2.91. The molecule has 3 unspecified atom stereocenters. The predicted molar refractivity (Wildman–Crippen MR) is 51.5 cm³/mol. The molecule has 1 aliphatic carbocycles. The summed E-state index contributed by atoms with van der Waals surface area (Å²) in [7, 11) is 0. The molecular formula is C11H16O2. The van der Waals surface area contributed by atoms with Gasteiger partial charge in [0, 0.05) is 5.92 Å². The molecule has 3 atom stereocenters. The summed E-state index contributed by atoms with van der Waals surface area (Å²) >= 11 is 0. The van der Waals surface area contributed by atoms with Crippen LogP contribution in [0.1, 0.15) is 13.8 Å². The van der Waals surface area contributed by atoms with E-state index in [1.165, 1.54) is 0 Å². The van der Waals surface area contributed by atoms with Crippen LogP contribution in [-0.4, -0.2) is 24.9 Å². The number of allylic oxidation sites excluding steroid dienone is 2. The Bertz CT molecular complexity index is 240. The SMILES string of the molecule is CC1C=CC=CC1(C)OCC1CO1. The van der Waals surface area contributed by atoms with Crippen molar-refractivity contribution in [3.8, 4) is 0 Å². The molecule has 0 aromatic rings. The Morgan fingerprint density at radius 3 is 2.92 bits per heavy atom. The molecule has 0 aromatic heterocycles. The lowest BCUT2D eigenvalue weighted by Gasteiger charge is -2.32. The van der Waals surface area contributed by atoms with Crippen LogP contribution < -0.4 is 0 Å². The summed E-state index contributed by atoms with van der Waals surface area (Å²) in [5.41, 5.74) is -0.138. The fraction of sp³-hybridized carbons (Fsp3) is 0.636.